The Labute approximate surface area is 66.1 Å². The van der Waals surface area contributed by atoms with Gasteiger partial charge in [-0.15, -0.1) is 0 Å². The standard InChI is InChI=1S/C7H14O4/c1-5(10-3)7(2,9)6(8)11-4/h5,9H,1-4H3. The third kappa shape index (κ3) is 2.17. The summed E-state index contributed by atoms with van der Waals surface area (Å²) in [4.78, 5) is 10.9. The first-order valence-electron chi connectivity index (χ1n) is 3.30. The number of hydrogen-bond donors (Lipinski definition) is 1. The lowest BCUT2D eigenvalue weighted by molar-refractivity contribution is -0.173. The zero-order valence-electron chi connectivity index (χ0n) is 7.25. The lowest BCUT2D eigenvalue weighted by Crippen LogP contribution is -2.46. The maximum absolute atomic E-state index is 10.9. The molecule has 0 rings (SSSR count). The molecule has 4 heteroatoms. The third-order valence-electron chi connectivity index (χ3n) is 1.74. The number of esters is 1. The van der Waals surface area contributed by atoms with Crippen molar-refractivity contribution in [2.45, 2.75) is 25.6 Å². The Morgan fingerprint density at radius 3 is 2.27 bits per heavy atom. The van der Waals surface area contributed by atoms with Crippen LogP contribution >= 0.6 is 0 Å². The van der Waals surface area contributed by atoms with E-state index < -0.39 is 17.7 Å². The molecule has 0 bridgehead atoms. The van der Waals surface area contributed by atoms with E-state index in [9.17, 15) is 9.90 Å². The topological polar surface area (TPSA) is 55.8 Å². The molecule has 0 aromatic rings. The van der Waals surface area contributed by atoms with Crippen LogP contribution in [0.1, 0.15) is 13.8 Å². The zero-order valence-corrected chi connectivity index (χ0v) is 7.25. The minimum atomic E-state index is -1.57. The Morgan fingerprint density at radius 2 is 2.00 bits per heavy atom. The summed E-state index contributed by atoms with van der Waals surface area (Å²) in [5.74, 6) is -0.688. The Bertz CT molecular complexity index is 141. The normalized spacial score (nSPS) is 18.6. The van der Waals surface area contributed by atoms with Crippen molar-refractivity contribution in [1.29, 1.82) is 0 Å². The van der Waals surface area contributed by atoms with Gasteiger partial charge in [0.15, 0.2) is 5.60 Å². The van der Waals surface area contributed by atoms with Gasteiger partial charge in [0.25, 0.3) is 0 Å². The molecule has 0 saturated heterocycles. The molecule has 0 aliphatic carbocycles. The Balaban J connectivity index is 4.31. The molecule has 11 heavy (non-hydrogen) atoms. The molecule has 0 radical (unpaired) electrons. The van der Waals surface area contributed by atoms with Gasteiger partial charge in [-0.25, -0.2) is 4.79 Å². The van der Waals surface area contributed by atoms with Gasteiger partial charge in [-0.1, -0.05) is 0 Å². The van der Waals surface area contributed by atoms with Crippen molar-refractivity contribution in [3.63, 3.8) is 0 Å². The van der Waals surface area contributed by atoms with Crippen LogP contribution in [0.15, 0.2) is 0 Å². The Morgan fingerprint density at radius 1 is 1.55 bits per heavy atom. The number of aliphatic hydroxyl groups is 1. The van der Waals surface area contributed by atoms with Gasteiger partial charge in [0.05, 0.1) is 13.2 Å². The highest BCUT2D eigenvalue weighted by Gasteiger charge is 2.37. The second kappa shape index (κ2) is 3.69. The van der Waals surface area contributed by atoms with Crippen LogP contribution in [0.5, 0.6) is 0 Å². The molecule has 0 aromatic heterocycles. The van der Waals surface area contributed by atoms with E-state index >= 15 is 0 Å². The molecule has 0 aliphatic rings. The van der Waals surface area contributed by atoms with Crippen molar-refractivity contribution in [2.24, 2.45) is 0 Å². The quantitative estimate of drug-likeness (QED) is 0.591. The molecule has 2 unspecified atom stereocenters. The first-order valence-corrected chi connectivity index (χ1v) is 3.30. The highest BCUT2D eigenvalue weighted by atomic mass is 16.6. The van der Waals surface area contributed by atoms with Crippen LogP contribution in [-0.2, 0) is 14.3 Å². The second-order valence-corrected chi connectivity index (χ2v) is 2.52. The van der Waals surface area contributed by atoms with Gasteiger partial charge in [0, 0.05) is 7.11 Å². The Hall–Kier alpha value is -0.610. The highest BCUT2D eigenvalue weighted by Crippen LogP contribution is 2.13. The van der Waals surface area contributed by atoms with Crippen LogP contribution in [0.3, 0.4) is 0 Å². The maximum Gasteiger partial charge on any atom is 0.340 e. The van der Waals surface area contributed by atoms with Gasteiger partial charge in [-0.2, -0.15) is 0 Å². The molecule has 0 spiro atoms. The summed E-state index contributed by atoms with van der Waals surface area (Å²) in [6.07, 6.45) is -0.574. The number of ether oxygens (including phenoxy) is 2. The van der Waals surface area contributed by atoms with Gasteiger partial charge < -0.3 is 14.6 Å². The van der Waals surface area contributed by atoms with Crippen molar-refractivity contribution >= 4 is 5.97 Å². The maximum atomic E-state index is 10.9. The predicted octanol–water partition coefficient (Wildman–Crippen LogP) is -0.0547. The molecular weight excluding hydrogens is 148 g/mol. The number of carbonyl (C=O) groups is 1. The van der Waals surface area contributed by atoms with Crippen LogP contribution in [0.2, 0.25) is 0 Å². The molecule has 0 aromatic carbocycles. The average molecular weight is 162 g/mol. The highest BCUT2D eigenvalue weighted by molar-refractivity contribution is 5.79. The Kier molecular flexibility index (Phi) is 3.48. The van der Waals surface area contributed by atoms with E-state index in [-0.39, 0.29) is 0 Å². The van der Waals surface area contributed by atoms with Crippen LogP contribution in [0, 0.1) is 0 Å². The van der Waals surface area contributed by atoms with Crippen LogP contribution in [-0.4, -0.2) is 37.0 Å². The van der Waals surface area contributed by atoms with E-state index in [1.54, 1.807) is 6.92 Å². The molecular formula is C7H14O4. The second-order valence-electron chi connectivity index (χ2n) is 2.52. The van der Waals surface area contributed by atoms with E-state index in [0.717, 1.165) is 0 Å². The third-order valence-corrected chi connectivity index (χ3v) is 1.74. The lowest BCUT2D eigenvalue weighted by atomic mass is 10.0. The fraction of sp³-hybridized carbons (Fsp3) is 0.857. The SMILES string of the molecule is COC(=O)C(C)(O)C(C)OC. The van der Waals surface area contributed by atoms with E-state index in [1.807, 2.05) is 0 Å². The molecule has 0 amide bonds. The zero-order chi connectivity index (χ0) is 9.07. The van der Waals surface area contributed by atoms with Crippen LogP contribution < -0.4 is 0 Å². The number of carbonyl (C=O) groups excluding carboxylic acids is 1. The summed E-state index contributed by atoms with van der Waals surface area (Å²) in [5.41, 5.74) is -1.57. The summed E-state index contributed by atoms with van der Waals surface area (Å²) in [5, 5.41) is 9.45. The minimum absolute atomic E-state index is 0.574. The van der Waals surface area contributed by atoms with Crippen molar-refractivity contribution in [2.75, 3.05) is 14.2 Å². The van der Waals surface area contributed by atoms with E-state index in [4.69, 9.17) is 4.74 Å². The van der Waals surface area contributed by atoms with E-state index in [1.165, 1.54) is 21.1 Å². The van der Waals surface area contributed by atoms with Crippen LogP contribution in [0.25, 0.3) is 0 Å². The molecule has 0 heterocycles. The first kappa shape index (κ1) is 10.4. The van der Waals surface area contributed by atoms with Crippen molar-refractivity contribution in [3.05, 3.63) is 0 Å². The van der Waals surface area contributed by atoms with Gasteiger partial charge in [-0.3, -0.25) is 0 Å². The largest absolute Gasteiger partial charge is 0.467 e. The molecule has 66 valence electrons. The molecule has 1 N–H and O–H groups in total. The number of hydrogen-bond acceptors (Lipinski definition) is 4. The number of methoxy groups -OCH3 is 2. The summed E-state index contributed by atoms with van der Waals surface area (Å²) >= 11 is 0. The van der Waals surface area contributed by atoms with Gasteiger partial charge >= 0.3 is 5.97 Å². The fourth-order valence-electron chi connectivity index (χ4n) is 0.602. The van der Waals surface area contributed by atoms with Crippen molar-refractivity contribution in [1.82, 2.24) is 0 Å². The average Bonchev–Trinajstić information content (AvgIpc) is 2.01. The molecule has 0 saturated carbocycles. The van der Waals surface area contributed by atoms with Gasteiger partial charge in [-0.05, 0) is 13.8 Å². The van der Waals surface area contributed by atoms with E-state index in [0.29, 0.717) is 0 Å². The van der Waals surface area contributed by atoms with Gasteiger partial charge in [0.2, 0.25) is 0 Å². The van der Waals surface area contributed by atoms with E-state index in [2.05, 4.69) is 4.74 Å². The molecule has 0 fully saturated rings. The van der Waals surface area contributed by atoms with Crippen molar-refractivity contribution < 1.29 is 19.4 Å². The van der Waals surface area contributed by atoms with Crippen LogP contribution in [0.4, 0.5) is 0 Å². The lowest BCUT2D eigenvalue weighted by Gasteiger charge is -2.25. The summed E-state index contributed by atoms with van der Waals surface area (Å²) in [6, 6.07) is 0. The number of rotatable bonds is 3. The smallest absolute Gasteiger partial charge is 0.340 e. The minimum Gasteiger partial charge on any atom is -0.467 e. The molecule has 2 atom stereocenters. The van der Waals surface area contributed by atoms with Crippen molar-refractivity contribution in [3.8, 4) is 0 Å². The monoisotopic (exact) mass is 162 g/mol. The first-order chi connectivity index (χ1) is 4.96. The van der Waals surface area contributed by atoms with Gasteiger partial charge in [0.1, 0.15) is 0 Å². The summed E-state index contributed by atoms with van der Waals surface area (Å²) in [7, 11) is 2.64. The molecule has 4 nitrogen and oxygen atoms in total. The fourth-order valence-corrected chi connectivity index (χ4v) is 0.602. The predicted molar refractivity (Wildman–Crippen MR) is 39.1 cm³/mol. The summed E-state index contributed by atoms with van der Waals surface area (Å²) in [6.45, 7) is 2.95. The summed E-state index contributed by atoms with van der Waals surface area (Å²) < 4.78 is 9.16. The molecule has 0 aliphatic heterocycles.